The molecule has 2 saturated heterocycles. The molecule has 0 radical (unpaired) electrons. The first-order valence-electron chi connectivity index (χ1n) is 19.1. The molecule has 1 amide bonds. The van der Waals surface area contributed by atoms with Crippen LogP contribution in [0.4, 0.5) is 42.8 Å². The Hall–Kier alpha value is -4.56. The van der Waals surface area contributed by atoms with Crippen LogP contribution in [-0.2, 0) is 34.8 Å². The molecule has 6 rings (SSSR count). The van der Waals surface area contributed by atoms with E-state index >= 15 is 0 Å². The molecule has 0 bridgehead atoms. The normalized spacial score (nSPS) is 23.7. The summed E-state index contributed by atoms with van der Waals surface area (Å²) in [5.74, 6) is -1.18. The summed E-state index contributed by atoms with van der Waals surface area (Å²) in [4.78, 5) is 40.5. The number of ether oxygens (including phenoxy) is 1. The van der Waals surface area contributed by atoms with Crippen molar-refractivity contribution in [2.45, 2.75) is 121 Å². The molecule has 3 aromatic rings. The van der Waals surface area contributed by atoms with Gasteiger partial charge in [0.1, 0.15) is 6.10 Å². The van der Waals surface area contributed by atoms with E-state index in [-0.39, 0.29) is 24.1 Å². The summed E-state index contributed by atoms with van der Waals surface area (Å²) in [5, 5.41) is 9.44. The Labute approximate surface area is 316 Å². The molecule has 3 atom stereocenters. The zero-order chi connectivity index (χ0) is 39.3. The van der Waals surface area contributed by atoms with Crippen molar-refractivity contribution >= 4 is 23.7 Å². The number of carboxylic acid groups (broad SMARTS) is 1. The van der Waals surface area contributed by atoms with E-state index in [1.54, 1.807) is 22.2 Å². The minimum absolute atomic E-state index is 0.124. The van der Waals surface area contributed by atoms with Gasteiger partial charge in [0.05, 0.1) is 35.1 Å². The molecule has 2 aliphatic heterocycles. The third-order valence-electron chi connectivity index (χ3n) is 11.2. The summed E-state index contributed by atoms with van der Waals surface area (Å²) in [5.41, 5.74) is -1.28. The van der Waals surface area contributed by atoms with Gasteiger partial charge in [-0.15, -0.1) is 0 Å². The molecule has 1 aromatic heterocycles. The van der Waals surface area contributed by atoms with Crippen molar-refractivity contribution in [3.8, 4) is 0 Å². The van der Waals surface area contributed by atoms with Gasteiger partial charge in [0, 0.05) is 37.8 Å². The van der Waals surface area contributed by atoms with Crippen molar-refractivity contribution < 1.29 is 45.8 Å². The number of nitrogens with zero attached hydrogens (tertiary/aromatic N) is 5. The number of benzene rings is 2. The molecule has 2 aromatic carbocycles. The highest BCUT2D eigenvalue weighted by Gasteiger charge is 2.43. The Bertz CT molecular complexity index is 1710. The fraction of sp³-hybridized carbons (Fsp3) is 0.550. The molecule has 0 unspecified atom stereocenters. The number of carbonyl (C=O) groups is 2. The van der Waals surface area contributed by atoms with Crippen molar-refractivity contribution in [1.29, 1.82) is 0 Å². The summed E-state index contributed by atoms with van der Waals surface area (Å²) >= 11 is 0. The zero-order valence-electron chi connectivity index (χ0n) is 30.7. The molecular weight excluding hydrogens is 728 g/mol. The summed E-state index contributed by atoms with van der Waals surface area (Å²) in [6.45, 7) is 3.23. The highest BCUT2D eigenvalue weighted by molar-refractivity contribution is 5.70. The lowest BCUT2D eigenvalue weighted by atomic mass is 9.86. The summed E-state index contributed by atoms with van der Waals surface area (Å²) < 4.78 is 89.9. The lowest BCUT2D eigenvalue weighted by Gasteiger charge is -2.48. The Morgan fingerprint density at radius 1 is 0.836 bits per heavy atom. The van der Waals surface area contributed by atoms with Crippen LogP contribution in [0.15, 0.2) is 60.9 Å². The van der Waals surface area contributed by atoms with E-state index in [2.05, 4.69) is 14.9 Å². The van der Waals surface area contributed by atoms with Crippen LogP contribution in [0.3, 0.4) is 0 Å². The van der Waals surface area contributed by atoms with Gasteiger partial charge >= 0.3 is 24.4 Å². The number of carboxylic acids is 1. The van der Waals surface area contributed by atoms with Gasteiger partial charge in [-0.3, -0.25) is 4.79 Å². The SMILES string of the molecule is CC[C@@H]1C[C@H](N(Cc2cc(C(F)(F)F)cc(C(F)(F)F)c2)c2ncc(N3CCCCC3)cn2)C[C@H](Cc2ccccc2)N1C(=O)OC1CCC(C(=O)O)CC1. The molecule has 298 valence electrons. The number of amides is 1. The molecule has 15 heteroatoms. The van der Waals surface area contributed by atoms with E-state index in [0.29, 0.717) is 51.4 Å². The maximum atomic E-state index is 14.1. The lowest BCUT2D eigenvalue weighted by Crippen LogP contribution is -2.58. The number of hydrogen-bond acceptors (Lipinski definition) is 7. The molecule has 1 saturated carbocycles. The second kappa shape index (κ2) is 17.1. The number of aromatic nitrogens is 2. The number of carbonyl (C=O) groups excluding carboxylic acids is 1. The maximum Gasteiger partial charge on any atom is 0.416 e. The zero-order valence-corrected chi connectivity index (χ0v) is 30.7. The van der Waals surface area contributed by atoms with Crippen molar-refractivity contribution in [2.24, 2.45) is 5.92 Å². The van der Waals surface area contributed by atoms with Crippen molar-refractivity contribution in [2.75, 3.05) is 22.9 Å². The van der Waals surface area contributed by atoms with E-state index in [1.807, 2.05) is 37.3 Å². The first-order valence-corrected chi connectivity index (χ1v) is 19.1. The fourth-order valence-electron chi connectivity index (χ4n) is 8.31. The first kappa shape index (κ1) is 40.1. The van der Waals surface area contributed by atoms with Gasteiger partial charge in [-0.05, 0) is 100.0 Å². The quantitative estimate of drug-likeness (QED) is 0.204. The smallest absolute Gasteiger partial charge is 0.416 e. The topological polar surface area (TPSA) is 99.1 Å². The van der Waals surface area contributed by atoms with Crippen LogP contribution in [0.2, 0.25) is 0 Å². The molecule has 3 fully saturated rings. The number of aliphatic carboxylic acids is 1. The number of hydrogen-bond donors (Lipinski definition) is 1. The third kappa shape index (κ3) is 10.0. The van der Waals surface area contributed by atoms with Gasteiger partial charge in [-0.25, -0.2) is 14.8 Å². The van der Waals surface area contributed by atoms with Crippen LogP contribution in [0, 0.1) is 5.92 Å². The number of alkyl halides is 6. The van der Waals surface area contributed by atoms with Crippen molar-refractivity contribution in [3.05, 3.63) is 83.2 Å². The van der Waals surface area contributed by atoms with Crippen LogP contribution in [0.25, 0.3) is 0 Å². The fourth-order valence-corrected chi connectivity index (χ4v) is 8.31. The van der Waals surface area contributed by atoms with Crippen molar-refractivity contribution in [3.63, 3.8) is 0 Å². The predicted octanol–water partition coefficient (Wildman–Crippen LogP) is 9.15. The molecule has 1 aliphatic carbocycles. The number of piperidine rings is 2. The van der Waals surface area contributed by atoms with Crippen molar-refractivity contribution in [1.82, 2.24) is 14.9 Å². The number of rotatable bonds is 10. The molecule has 1 N–H and O–H groups in total. The van der Waals surface area contributed by atoms with Gasteiger partial charge < -0.3 is 24.5 Å². The third-order valence-corrected chi connectivity index (χ3v) is 11.2. The minimum atomic E-state index is -5.01. The molecular formula is C40H47F6N5O4. The van der Waals surface area contributed by atoms with Gasteiger partial charge in [0.25, 0.3) is 0 Å². The average Bonchev–Trinajstić information content (AvgIpc) is 3.17. The number of likely N-dealkylation sites (tertiary alicyclic amines) is 1. The second-order valence-electron chi connectivity index (χ2n) is 15.0. The first-order chi connectivity index (χ1) is 26.2. The minimum Gasteiger partial charge on any atom is -0.481 e. The largest absolute Gasteiger partial charge is 0.481 e. The van der Waals surface area contributed by atoms with Gasteiger partial charge in [-0.2, -0.15) is 26.3 Å². The van der Waals surface area contributed by atoms with Crippen LogP contribution in [-0.4, -0.2) is 69.4 Å². The van der Waals surface area contributed by atoms with Gasteiger partial charge in [-0.1, -0.05) is 37.3 Å². The second-order valence-corrected chi connectivity index (χ2v) is 15.0. The molecule has 55 heavy (non-hydrogen) atoms. The summed E-state index contributed by atoms with van der Waals surface area (Å²) in [6, 6.07) is 9.76. The Kier molecular flexibility index (Phi) is 12.4. The van der Waals surface area contributed by atoms with Gasteiger partial charge in [0.2, 0.25) is 5.95 Å². The Morgan fingerprint density at radius 2 is 1.44 bits per heavy atom. The number of anilines is 2. The predicted molar refractivity (Wildman–Crippen MR) is 193 cm³/mol. The molecule has 3 aliphatic rings. The summed E-state index contributed by atoms with van der Waals surface area (Å²) in [6.07, 6.45) is -1.37. The van der Waals surface area contributed by atoms with E-state index in [1.165, 1.54) is 0 Å². The highest BCUT2D eigenvalue weighted by atomic mass is 19.4. The van der Waals surface area contributed by atoms with Crippen LogP contribution in [0.1, 0.15) is 93.4 Å². The monoisotopic (exact) mass is 775 g/mol. The van der Waals surface area contributed by atoms with E-state index in [4.69, 9.17) is 4.74 Å². The van der Waals surface area contributed by atoms with E-state index in [9.17, 15) is 41.0 Å². The van der Waals surface area contributed by atoms with E-state index < -0.39 is 65.7 Å². The lowest BCUT2D eigenvalue weighted by molar-refractivity contribution is -0.144. The summed E-state index contributed by atoms with van der Waals surface area (Å²) in [7, 11) is 0. The molecule has 3 heterocycles. The average molecular weight is 776 g/mol. The molecule has 0 spiro atoms. The van der Waals surface area contributed by atoms with E-state index in [0.717, 1.165) is 55.7 Å². The standard InChI is InChI=1S/C40H47F6N5O4/c1-2-31-21-32(22-33(19-26-9-5-3-6-10-26)51(31)38(54)55-35-13-11-28(12-14-35)36(52)53)50(37-47-23-34(24-48-37)49-15-7-4-8-16-49)25-27-17-29(39(41,42)43)20-30(18-27)40(44,45)46/h3,5-6,9-10,17-18,20,23-24,28,31-33,35H,2,4,7-8,11-16,19,21-22,25H2,1H3,(H,52,53)/t28?,31-,32+,33+,35?/m1/s1. The van der Waals surface area contributed by atoms with Crippen LogP contribution < -0.4 is 9.80 Å². The van der Waals surface area contributed by atoms with Crippen LogP contribution in [0.5, 0.6) is 0 Å². The number of halogens is 6. The maximum absolute atomic E-state index is 14.1. The van der Waals surface area contributed by atoms with Crippen LogP contribution >= 0.6 is 0 Å². The Balaban J connectivity index is 1.35. The Morgan fingerprint density at radius 3 is 2.00 bits per heavy atom. The molecule has 9 nitrogen and oxygen atoms in total. The van der Waals surface area contributed by atoms with Gasteiger partial charge in [0.15, 0.2) is 0 Å². The highest BCUT2D eigenvalue weighted by Crippen LogP contribution is 2.39.